The van der Waals surface area contributed by atoms with Crippen LogP contribution >= 0.6 is 11.6 Å². The Kier molecular flexibility index (Phi) is 3.74. The van der Waals surface area contributed by atoms with E-state index in [9.17, 15) is 8.42 Å². The van der Waals surface area contributed by atoms with Crippen LogP contribution < -0.4 is 15.4 Å². The van der Waals surface area contributed by atoms with Gasteiger partial charge in [0, 0.05) is 36.3 Å². The molecule has 2 heterocycles. The van der Waals surface area contributed by atoms with Gasteiger partial charge in [0.15, 0.2) is 0 Å². The molecule has 0 bridgehead atoms. The fourth-order valence-electron chi connectivity index (χ4n) is 3.24. The van der Waals surface area contributed by atoms with Crippen LogP contribution in [0, 0.1) is 0 Å². The van der Waals surface area contributed by atoms with Crippen LogP contribution in [-0.4, -0.2) is 44.2 Å². The van der Waals surface area contributed by atoms with E-state index >= 15 is 0 Å². The third-order valence-corrected chi connectivity index (χ3v) is 5.84. The molecule has 3 rings (SSSR count). The van der Waals surface area contributed by atoms with Gasteiger partial charge in [-0.2, -0.15) is 4.31 Å². The summed E-state index contributed by atoms with van der Waals surface area (Å²) >= 11 is 6.20. The Bertz CT molecular complexity index is 862. The number of oxazole rings is 1. The summed E-state index contributed by atoms with van der Waals surface area (Å²) in [5, 5.41) is 0.552. The van der Waals surface area contributed by atoms with Crippen molar-refractivity contribution < 1.29 is 17.5 Å². The van der Waals surface area contributed by atoms with Gasteiger partial charge in [-0.1, -0.05) is 11.6 Å². The Hall–Kier alpha value is -1.51. The van der Waals surface area contributed by atoms with E-state index in [4.69, 9.17) is 21.9 Å². The van der Waals surface area contributed by atoms with Crippen LogP contribution in [0.3, 0.4) is 0 Å². The van der Waals surface area contributed by atoms with E-state index in [-0.39, 0.29) is 0 Å². The molecule has 1 aliphatic rings. The maximum atomic E-state index is 12.0. The number of aromatic nitrogens is 1. The highest BCUT2D eigenvalue weighted by Gasteiger charge is 2.40. The van der Waals surface area contributed by atoms with Crippen LogP contribution in [0.15, 0.2) is 22.9 Å². The van der Waals surface area contributed by atoms with Gasteiger partial charge in [-0.25, -0.2) is 14.3 Å². The van der Waals surface area contributed by atoms with Crippen LogP contribution in [0.1, 0.15) is 13.8 Å². The molecule has 9 heteroatoms. The van der Waals surface area contributed by atoms with Gasteiger partial charge in [-0.15, -0.1) is 0 Å². The maximum absolute atomic E-state index is 12.0. The molecule has 1 aromatic carbocycles. The van der Waals surface area contributed by atoms with Gasteiger partial charge >= 0.3 is 6.39 Å². The Morgan fingerprint density at radius 1 is 1.35 bits per heavy atom. The number of nitrogens with zero attached hydrogens (tertiary/aromatic N) is 3. The number of halogens is 1. The number of anilines is 1. The molecule has 1 aromatic heterocycles. The summed E-state index contributed by atoms with van der Waals surface area (Å²) < 4.78 is 32.4. The van der Waals surface area contributed by atoms with E-state index in [1.807, 2.05) is 19.9 Å². The molecule has 0 atom stereocenters. The van der Waals surface area contributed by atoms with Crippen LogP contribution in [0.5, 0.6) is 0 Å². The lowest BCUT2D eigenvalue weighted by atomic mass is 10.0. The van der Waals surface area contributed by atoms with Crippen LogP contribution in [0.25, 0.3) is 11.1 Å². The minimum atomic E-state index is -3.25. The van der Waals surface area contributed by atoms with Crippen LogP contribution in [-0.2, 0) is 10.0 Å². The monoisotopic (exact) mass is 359 g/mol. The van der Waals surface area contributed by atoms with Crippen LogP contribution in [0.2, 0.25) is 5.02 Å². The zero-order valence-corrected chi connectivity index (χ0v) is 14.9. The number of nitrogens with two attached hydrogens (primary N) is 1. The molecule has 0 amide bonds. The van der Waals surface area contributed by atoms with E-state index < -0.39 is 15.6 Å². The predicted molar refractivity (Wildman–Crippen MR) is 89.4 cm³/mol. The number of benzene rings is 1. The first-order valence-electron chi connectivity index (χ1n) is 7.20. The zero-order valence-electron chi connectivity index (χ0n) is 13.3. The quantitative estimate of drug-likeness (QED) is 0.637. The smallest absolute Gasteiger partial charge is 0.364 e. The molecule has 23 heavy (non-hydrogen) atoms. The lowest BCUT2D eigenvalue weighted by Gasteiger charge is -2.46. The van der Waals surface area contributed by atoms with Crippen molar-refractivity contribution in [1.82, 2.24) is 4.31 Å². The number of sulfonamides is 1. The van der Waals surface area contributed by atoms with Crippen molar-refractivity contribution in [1.29, 1.82) is 0 Å². The highest BCUT2D eigenvalue weighted by atomic mass is 35.5. The number of hydrogen-bond acceptors (Lipinski definition) is 5. The molecule has 126 valence electrons. The molecule has 2 aromatic rings. The third-order valence-electron chi connectivity index (χ3n) is 4.14. The molecule has 0 unspecified atom stereocenters. The summed E-state index contributed by atoms with van der Waals surface area (Å²) in [6.45, 7) is 5.31. The van der Waals surface area contributed by atoms with Crippen molar-refractivity contribution in [3.63, 3.8) is 0 Å². The topological polar surface area (TPSA) is 83.7 Å². The number of piperazine rings is 1. The lowest BCUT2D eigenvalue weighted by molar-refractivity contribution is -0.616. The first kappa shape index (κ1) is 16.4. The SMILES string of the molecule is CC1(C)CN(c2cc(Cl)cc3c2oc[n+]3N)CCN1S(C)(=O)=O. The molecule has 1 aliphatic heterocycles. The second-order valence-electron chi connectivity index (χ2n) is 6.47. The highest BCUT2D eigenvalue weighted by molar-refractivity contribution is 7.88. The van der Waals surface area contributed by atoms with Crippen molar-refractivity contribution in [2.75, 3.05) is 36.6 Å². The normalized spacial score (nSPS) is 19.4. The summed E-state index contributed by atoms with van der Waals surface area (Å²) in [5.74, 6) is 5.83. The highest BCUT2D eigenvalue weighted by Crippen LogP contribution is 2.33. The van der Waals surface area contributed by atoms with Crippen molar-refractivity contribution in [2.24, 2.45) is 0 Å². The molecular weight excluding hydrogens is 340 g/mol. The summed E-state index contributed by atoms with van der Waals surface area (Å²) in [7, 11) is -3.25. The molecule has 0 spiro atoms. The Morgan fingerprint density at radius 2 is 2.04 bits per heavy atom. The fourth-order valence-corrected chi connectivity index (χ4v) is 4.81. The molecule has 0 radical (unpaired) electrons. The second-order valence-corrected chi connectivity index (χ2v) is 8.82. The van der Waals surface area contributed by atoms with Gasteiger partial charge in [0.25, 0.3) is 5.52 Å². The van der Waals surface area contributed by atoms with Gasteiger partial charge in [0.1, 0.15) is 0 Å². The average Bonchev–Trinajstić information content (AvgIpc) is 2.77. The fraction of sp³-hybridized carbons (Fsp3) is 0.500. The third kappa shape index (κ3) is 2.86. The zero-order chi connectivity index (χ0) is 17.0. The number of nitrogen functional groups attached to an aromatic ring is 1. The number of fused-ring (bicyclic) bond motifs is 1. The lowest BCUT2D eigenvalue weighted by Crippen LogP contribution is -2.60. The largest absolute Gasteiger partial charge is 0.399 e. The molecule has 1 fully saturated rings. The van der Waals surface area contributed by atoms with Crippen molar-refractivity contribution in [2.45, 2.75) is 19.4 Å². The molecular formula is C14H20ClN4O3S+. The minimum Gasteiger partial charge on any atom is -0.399 e. The summed E-state index contributed by atoms with van der Waals surface area (Å²) in [6.07, 6.45) is 2.66. The standard InChI is InChI=1S/C14H20ClN4O3S/c1-14(2)8-17(4-5-19(14)23(3,20)21)11-6-10(15)7-12-13(11)22-9-18(12)16/h6-7,9H,4-5,8,16H2,1-3H3/q+1. The molecule has 0 aliphatic carbocycles. The Morgan fingerprint density at radius 3 is 2.65 bits per heavy atom. The summed E-state index contributed by atoms with van der Waals surface area (Å²) in [5.41, 5.74) is 1.61. The van der Waals surface area contributed by atoms with E-state index in [0.29, 0.717) is 35.8 Å². The minimum absolute atomic E-state index is 0.406. The summed E-state index contributed by atoms with van der Waals surface area (Å²) in [6, 6.07) is 3.56. The van der Waals surface area contributed by atoms with Gasteiger partial charge < -0.3 is 9.32 Å². The molecule has 0 saturated carbocycles. The average molecular weight is 360 g/mol. The van der Waals surface area contributed by atoms with Gasteiger partial charge in [0.2, 0.25) is 15.6 Å². The Balaban J connectivity index is 2.02. The molecule has 1 saturated heterocycles. The van der Waals surface area contributed by atoms with Gasteiger partial charge in [0.05, 0.1) is 11.9 Å². The first-order valence-corrected chi connectivity index (χ1v) is 9.42. The van der Waals surface area contributed by atoms with Crippen molar-refractivity contribution in [3.8, 4) is 0 Å². The summed E-state index contributed by atoms with van der Waals surface area (Å²) in [4.78, 5) is 2.08. The second kappa shape index (κ2) is 5.25. The van der Waals surface area contributed by atoms with Crippen molar-refractivity contribution in [3.05, 3.63) is 23.5 Å². The van der Waals surface area contributed by atoms with Gasteiger partial charge in [-0.3, -0.25) is 0 Å². The molecule has 2 N–H and O–H groups in total. The van der Waals surface area contributed by atoms with E-state index in [2.05, 4.69) is 4.90 Å². The first-order chi connectivity index (χ1) is 10.6. The van der Waals surface area contributed by atoms with Gasteiger partial charge in [-0.05, 0) is 24.6 Å². The van der Waals surface area contributed by atoms with E-state index in [0.717, 1.165) is 5.69 Å². The van der Waals surface area contributed by atoms with E-state index in [1.165, 1.54) is 21.6 Å². The Labute approximate surface area is 140 Å². The number of rotatable bonds is 2. The van der Waals surface area contributed by atoms with Crippen LogP contribution in [0.4, 0.5) is 5.69 Å². The predicted octanol–water partition coefficient (Wildman–Crippen LogP) is 0.948. The maximum Gasteiger partial charge on any atom is 0.364 e. The molecule has 7 nitrogen and oxygen atoms in total. The number of hydrogen-bond donors (Lipinski definition) is 1. The van der Waals surface area contributed by atoms with Crippen molar-refractivity contribution >= 4 is 38.4 Å². The van der Waals surface area contributed by atoms with E-state index in [1.54, 1.807) is 6.07 Å².